The van der Waals surface area contributed by atoms with E-state index in [4.69, 9.17) is 0 Å². The predicted molar refractivity (Wildman–Crippen MR) is 13.5 cm³/mol. The maximum absolute atomic E-state index is 0. The first-order valence-corrected chi connectivity index (χ1v) is 0. The van der Waals surface area contributed by atoms with Gasteiger partial charge in [0.05, 0.1) is 0 Å². The average molecular weight is 163 g/mol. The molecular weight excluding hydrogens is 159 g/mol. The summed E-state index contributed by atoms with van der Waals surface area (Å²) in [6, 6.07) is 0. The van der Waals surface area contributed by atoms with E-state index in [1.165, 1.54) is 0 Å². The van der Waals surface area contributed by atoms with Crippen molar-refractivity contribution in [1.29, 1.82) is 0 Å². The van der Waals surface area contributed by atoms with Crippen molar-refractivity contribution < 1.29 is 39.0 Å². The first-order chi connectivity index (χ1) is 0. The summed E-state index contributed by atoms with van der Waals surface area (Å²) in [6.45, 7) is 0. The maximum atomic E-state index is 0. The molecule has 0 atom stereocenters. The third-order valence-electron chi connectivity index (χ3n) is 0. The minimum absolute atomic E-state index is 0. The number of rotatable bonds is 0. The molecule has 37 valence electrons. The fraction of sp³-hybridized carbons (Fsp3) is 0. The fourth-order valence-electron chi connectivity index (χ4n) is 0. The third kappa shape index (κ3) is 45.7. The van der Waals surface area contributed by atoms with Gasteiger partial charge >= 0.3 is 54.8 Å². The molecule has 0 saturated carbocycles. The topological polar surface area (TPSA) is 120 Å². The summed E-state index contributed by atoms with van der Waals surface area (Å²) in [7, 11) is 0. The van der Waals surface area contributed by atoms with Gasteiger partial charge in [-0.2, -0.15) is 0 Å². The van der Waals surface area contributed by atoms with Crippen LogP contribution in [-0.2, 0) is 17.1 Å². The average Bonchev–Trinajstić information content (AvgIpc) is 0. The Hall–Kier alpha value is 1.62. The van der Waals surface area contributed by atoms with Gasteiger partial charge in [-0.1, -0.05) is 0 Å². The van der Waals surface area contributed by atoms with Gasteiger partial charge < -0.3 is 21.9 Å². The Labute approximate surface area is 76.0 Å². The second-order valence-corrected chi connectivity index (χ2v) is 0. The van der Waals surface area contributed by atoms with Gasteiger partial charge in [-0.05, 0) is 0 Å². The molecule has 0 aliphatic carbocycles. The Morgan fingerprint density at radius 2 is 0.500 bits per heavy atom. The molecule has 4 nitrogen and oxygen atoms in total. The van der Waals surface area contributed by atoms with Gasteiger partial charge in [0.25, 0.3) is 0 Å². The van der Waals surface area contributed by atoms with E-state index in [2.05, 4.69) is 0 Å². The third-order valence-corrected chi connectivity index (χ3v) is 0. The molecule has 0 amide bonds. The molecule has 0 aromatic carbocycles. The van der Waals surface area contributed by atoms with E-state index in [0.29, 0.717) is 0 Å². The van der Waals surface area contributed by atoms with Crippen molar-refractivity contribution in [2.45, 2.75) is 0 Å². The minimum atomic E-state index is 0. The summed E-state index contributed by atoms with van der Waals surface area (Å²) in [4.78, 5) is 0. The molecule has 0 bridgehead atoms. The van der Waals surface area contributed by atoms with Crippen molar-refractivity contribution in [2.24, 2.45) is 0 Å². The normalized spacial score (nSPS) is 0. The van der Waals surface area contributed by atoms with Crippen LogP contribution in [-0.4, -0.2) is 59.6 Å². The molecule has 0 aliphatic rings. The summed E-state index contributed by atoms with van der Waals surface area (Å²) in [5.74, 6) is 0. The second kappa shape index (κ2) is 79.7. The van der Waals surface area contributed by atoms with Crippen LogP contribution in [0.25, 0.3) is 0 Å². The first kappa shape index (κ1) is 127. The molecule has 6 heavy (non-hydrogen) atoms. The molecule has 0 aromatic heterocycles. The molecule has 0 saturated heterocycles. The molecule has 0 aliphatic heterocycles. The van der Waals surface area contributed by atoms with Crippen molar-refractivity contribution in [3.63, 3.8) is 0 Å². The molecule has 1 radical (unpaired) electrons. The van der Waals surface area contributed by atoms with E-state index in [1.807, 2.05) is 0 Å². The van der Waals surface area contributed by atoms with Crippen molar-refractivity contribution in [2.75, 3.05) is 0 Å². The Balaban J connectivity index is 0. The molecule has 0 heterocycles. The Bertz CT molecular complexity index is 7.51. The van der Waals surface area contributed by atoms with Crippen molar-refractivity contribution in [1.82, 2.24) is 0 Å². The van der Waals surface area contributed by atoms with Crippen molar-refractivity contribution in [3.8, 4) is 0 Å². The first-order valence-electron chi connectivity index (χ1n) is 0. The molecular formula is H4CaMnO4. The van der Waals surface area contributed by atoms with E-state index >= 15 is 0 Å². The van der Waals surface area contributed by atoms with E-state index in [9.17, 15) is 0 Å². The molecule has 0 fully saturated rings. The minimum Gasteiger partial charge on any atom is -0.870 e. The van der Waals surface area contributed by atoms with Gasteiger partial charge in [0.2, 0.25) is 0 Å². The largest absolute Gasteiger partial charge is 2.00 e. The van der Waals surface area contributed by atoms with E-state index < -0.39 is 0 Å². The Morgan fingerprint density at radius 1 is 0.500 bits per heavy atom. The van der Waals surface area contributed by atoms with Gasteiger partial charge in [0, 0.05) is 0 Å². The van der Waals surface area contributed by atoms with E-state index in [-0.39, 0.29) is 76.7 Å². The van der Waals surface area contributed by atoms with Crippen LogP contribution in [0.2, 0.25) is 0 Å². The smallest absolute Gasteiger partial charge is 0.870 e. The van der Waals surface area contributed by atoms with Crippen LogP contribution in [0.4, 0.5) is 0 Å². The van der Waals surface area contributed by atoms with E-state index in [1.54, 1.807) is 0 Å². The standard InChI is InChI=1S/Ca.Mn.4H2O/h;;4*1H2/q2*+2;;;;/p-4. The fourth-order valence-corrected chi connectivity index (χ4v) is 0. The summed E-state index contributed by atoms with van der Waals surface area (Å²) in [5, 5.41) is 0. The molecule has 0 unspecified atom stereocenters. The zero-order valence-electron chi connectivity index (χ0n) is 2.87. The van der Waals surface area contributed by atoms with Crippen LogP contribution in [0.3, 0.4) is 0 Å². The summed E-state index contributed by atoms with van der Waals surface area (Å²) < 4.78 is 0. The van der Waals surface area contributed by atoms with Crippen LogP contribution >= 0.6 is 0 Å². The molecule has 4 N–H and O–H groups in total. The van der Waals surface area contributed by atoms with Crippen LogP contribution < -0.4 is 0 Å². The van der Waals surface area contributed by atoms with Crippen LogP contribution in [0, 0.1) is 0 Å². The van der Waals surface area contributed by atoms with Gasteiger partial charge in [-0.25, -0.2) is 0 Å². The Kier molecular flexibility index (Phi) is 1690. The zero-order valence-corrected chi connectivity index (χ0v) is 6.26. The van der Waals surface area contributed by atoms with Crippen LogP contribution in [0.1, 0.15) is 0 Å². The maximum Gasteiger partial charge on any atom is 2.00 e. The monoisotopic (exact) mass is 163 g/mol. The van der Waals surface area contributed by atoms with Gasteiger partial charge in [-0.15, -0.1) is 0 Å². The van der Waals surface area contributed by atoms with E-state index in [0.717, 1.165) is 0 Å². The quantitative estimate of drug-likeness (QED) is 0.421. The predicted octanol–water partition coefficient (Wildman–Crippen LogP) is -1.09. The molecule has 6 heteroatoms. The molecule has 0 rings (SSSR count). The summed E-state index contributed by atoms with van der Waals surface area (Å²) in [5.41, 5.74) is 0. The Morgan fingerprint density at radius 3 is 0.500 bits per heavy atom. The number of hydrogen-bond acceptors (Lipinski definition) is 4. The SMILES string of the molecule is [Ca+2].[Mn+2].[OH-].[OH-].[OH-].[OH-]. The number of hydrogen-bond donors (Lipinski definition) is 0. The van der Waals surface area contributed by atoms with Gasteiger partial charge in [0.15, 0.2) is 0 Å². The summed E-state index contributed by atoms with van der Waals surface area (Å²) >= 11 is 0. The van der Waals surface area contributed by atoms with Crippen molar-refractivity contribution >= 4 is 37.7 Å². The van der Waals surface area contributed by atoms with Crippen molar-refractivity contribution in [3.05, 3.63) is 0 Å². The van der Waals surface area contributed by atoms with Gasteiger partial charge in [-0.3, -0.25) is 0 Å². The van der Waals surface area contributed by atoms with Crippen LogP contribution in [0.15, 0.2) is 0 Å². The second-order valence-electron chi connectivity index (χ2n) is 0. The van der Waals surface area contributed by atoms with Crippen LogP contribution in [0.5, 0.6) is 0 Å². The molecule has 0 aromatic rings. The summed E-state index contributed by atoms with van der Waals surface area (Å²) in [6.07, 6.45) is 0. The zero-order chi connectivity index (χ0) is 0. The van der Waals surface area contributed by atoms with Gasteiger partial charge in [0.1, 0.15) is 0 Å². The molecule has 0 spiro atoms.